The van der Waals surface area contributed by atoms with Gasteiger partial charge < -0.3 is 10.2 Å². The molecule has 6 nitrogen and oxygen atoms in total. The Morgan fingerprint density at radius 1 is 1.03 bits per heavy atom. The van der Waals surface area contributed by atoms with Gasteiger partial charge in [0.25, 0.3) is 5.91 Å². The summed E-state index contributed by atoms with van der Waals surface area (Å²) in [6.45, 7) is 4.10. The third kappa shape index (κ3) is 5.41. The SMILES string of the molecule is O=C(c1cnc(NC2CCCC2)cn1)N1CCN(C/C=C/c2ccccc2)CC1. The van der Waals surface area contributed by atoms with Gasteiger partial charge in [-0.3, -0.25) is 9.69 Å². The number of benzene rings is 1. The van der Waals surface area contributed by atoms with Gasteiger partial charge in [-0.15, -0.1) is 0 Å². The fourth-order valence-corrected chi connectivity index (χ4v) is 3.99. The highest BCUT2D eigenvalue weighted by molar-refractivity contribution is 5.92. The van der Waals surface area contributed by atoms with E-state index in [9.17, 15) is 4.79 Å². The Kier molecular flexibility index (Phi) is 6.52. The second kappa shape index (κ2) is 9.65. The molecule has 1 amide bonds. The van der Waals surface area contributed by atoms with Crippen LogP contribution in [0.15, 0.2) is 48.8 Å². The van der Waals surface area contributed by atoms with E-state index >= 15 is 0 Å². The van der Waals surface area contributed by atoms with Crippen LogP contribution in [0.4, 0.5) is 5.82 Å². The summed E-state index contributed by atoms with van der Waals surface area (Å²) < 4.78 is 0. The van der Waals surface area contributed by atoms with E-state index in [0.29, 0.717) is 11.7 Å². The first kappa shape index (κ1) is 19.6. The van der Waals surface area contributed by atoms with Crippen LogP contribution in [-0.4, -0.2) is 64.4 Å². The Labute approximate surface area is 172 Å². The van der Waals surface area contributed by atoms with Gasteiger partial charge in [-0.25, -0.2) is 9.97 Å². The molecule has 0 spiro atoms. The number of rotatable bonds is 6. The normalized spacial score (nSPS) is 18.4. The second-order valence-corrected chi connectivity index (χ2v) is 7.82. The maximum atomic E-state index is 12.7. The van der Waals surface area contributed by atoms with Crippen molar-refractivity contribution >= 4 is 17.8 Å². The summed E-state index contributed by atoms with van der Waals surface area (Å²) in [5.74, 6) is 0.743. The number of nitrogens with one attached hydrogen (secondary N) is 1. The summed E-state index contributed by atoms with van der Waals surface area (Å²) in [4.78, 5) is 25.7. The zero-order valence-electron chi connectivity index (χ0n) is 16.8. The van der Waals surface area contributed by atoms with E-state index in [2.05, 4.69) is 44.5 Å². The van der Waals surface area contributed by atoms with E-state index in [1.54, 1.807) is 12.4 Å². The molecule has 6 heteroatoms. The number of nitrogens with zero attached hydrogens (tertiary/aromatic N) is 4. The van der Waals surface area contributed by atoms with Crippen molar-refractivity contribution in [3.63, 3.8) is 0 Å². The van der Waals surface area contributed by atoms with Crippen LogP contribution >= 0.6 is 0 Å². The topological polar surface area (TPSA) is 61.4 Å². The molecule has 0 unspecified atom stereocenters. The first-order valence-corrected chi connectivity index (χ1v) is 10.6. The smallest absolute Gasteiger partial charge is 0.274 e. The molecule has 2 aromatic rings. The maximum Gasteiger partial charge on any atom is 0.274 e. The number of carbonyl (C=O) groups is 1. The van der Waals surface area contributed by atoms with Gasteiger partial charge >= 0.3 is 0 Å². The molecular formula is C23H29N5O. The van der Waals surface area contributed by atoms with Crippen molar-refractivity contribution in [3.8, 4) is 0 Å². The lowest BCUT2D eigenvalue weighted by atomic mass is 10.2. The maximum absolute atomic E-state index is 12.7. The van der Waals surface area contributed by atoms with Gasteiger partial charge in [0.2, 0.25) is 0 Å². The van der Waals surface area contributed by atoms with Crippen LogP contribution in [0.5, 0.6) is 0 Å². The first-order chi connectivity index (χ1) is 14.3. The van der Waals surface area contributed by atoms with Gasteiger partial charge in [-0.05, 0) is 18.4 Å². The number of hydrogen-bond acceptors (Lipinski definition) is 5. The fourth-order valence-electron chi connectivity index (χ4n) is 3.99. The summed E-state index contributed by atoms with van der Waals surface area (Å²) in [5.41, 5.74) is 1.64. The largest absolute Gasteiger partial charge is 0.366 e. The van der Waals surface area contributed by atoms with Crippen molar-refractivity contribution in [2.24, 2.45) is 0 Å². The molecule has 4 rings (SSSR count). The minimum absolute atomic E-state index is 0.0237. The lowest BCUT2D eigenvalue weighted by Gasteiger charge is -2.33. The number of amides is 1. The van der Waals surface area contributed by atoms with Gasteiger partial charge in [0.05, 0.1) is 12.4 Å². The van der Waals surface area contributed by atoms with E-state index in [1.807, 2.05) is 23.1 Å². The average Bonchev–Trinajstić information content (AvgIpc) is 3.28. The molecule has 1 aromatic carbocycles. The standard InChI is InChI=1S/C23H29N5O/c29-23(21-17-25-22(18-24-21)26-20-10-4-5-11-20)28-15-13-27(14-16-28)12-6-9-19-7-2-1-3-8-19/h1-3,6-9,17-18,20H,4-5,10-16H2,(H,25,26)/b9-6+. The highest BCUT2D eigenvalue weighted by Crippen LogP contribution is 2.21. The summed E-state index contributed by atoms with van der Waals surface area (Å²) in [5, 5.41) is 3.41. The van der Waals surface area contributed by atoms with Crippen LogP contribution in [0, 0.1) is 0 Å². The van der Waals surface area contributed by atoms with E-state index in [4.69, 9.17) is 0 Å². The Balaban J connectivity index is 1.23. The van der Waals surface area contributed by atoms with Crippen LogP contribution in [0.25, 0.3) is 6.08 Å². The number of aromatic nitrogens is 2. The van der Waals surface area contributed by atoms with Gasteiger partial charge in [0.1, 0.15) is 11.5 Å². The minimum atomic E-state index is -0.0237. The zero-order valence-corrected chi connectivity index (χ0v) is 16.8. The van der Waals surface area contributed by atoms with Crippen LogP contribution in [0.3, 0.4) is 0 Å². The average molecular weight is 392 g/mol. The van der Waals surface area contributed by atoms with E-state index in [1.165, 1.54) is 31.2 Å². The molecule has 1 saturated carbocycles. The summed E-state index contributed by atoms with van der Waals surface area (Å²) in [7, 11) is 0. The van der Waals surface area contributed by atoms with Gasteiger partial charge in [-0.1, -0.05) is 55.3 Å². The Bertz CT molecular complexity index is 807. The number of piperazine rings is 1. The summed E-state index contributed by atoms with van der Waals surface area (Å²) >= 11 is 0. The monoisotopic (exact) mass is 391 g/mol. The molecular weight excluding hydrogens is 362 g/mol. The molecule has 1 aliphatic carbocycles. The molecule has 1 saturated heterocycles. The van der Waals surface area contributed by atoms with Crippen LogP contribution in [0.1, 0.15) is 41.7 Å². The van der Waals surface area contributed by atoms with Crippen molar-refractivity contribution in [2.75, 3.05) is 38.0 Å². The molecule has 0 radical (unpaired) electrons. The second-order valence-electron chi connectivity index (χ2n) is 7.82. The molecule has 2 aliphatic rings. The predicted octanol–water partition coefficient (Wildman–Crippen LogP) is 3.30. The van der Waals surface area contributed by atoms with Crippen molar-refractivity contribution in [1.29, 1.82) is 0 Å². The summed E-state index contributed by atoms with van der Waals surface area (Å²) in [6, 6.07) is 10.8. The van der Waals surface area contributed by atoms with Crippen molar-refractivity contribution in [1.82, 2.24) is 19.8 Å². The highest BCUT2D eigenvalue weighted by Gasteiger charge is 2.23. The van der Waals surface area contributed by atoms with Gasteiger partial charge in [0, 0.05) is 38.8 Å². The van der Waals surface area contributed by atoms with Gasteiger partial charge in [0.15, 0.2) is 0 Å². The first-order valence-electron chi connectivity index (χ1n) is 10.6. The lowest BCUT2D eigenvalue weighted by Crippen LogP contribution is -2.48. The number of anilines is 1. The highest BCUT2D eigenvalue weighted by atomic mass is 16.2. The third-order valence-electron chi connectivity index (χ3n) is 5.71. The third-order valence-corrected chi connectivity index (χ3v) is 5.71. The quantitative estimate of drug-likeness (QED) is 0.819. The molecule has 2 fully saturated rings. The van der Waals surface area contributed by atoms with E-state index < -0.39 is 0 Å². The van der Waals surface area contributed by atoms with Crippen molar-refractivity contribution < 1.29 is 4.79 Å². The molecule has 1 aliphatic heterocycles. The zero-order chi connectivity index (χ0) is 19.9. The van der Waals surface area contributed by atoms with Crippen LogP contribution < -0.4 is 5.32 Å². The van der Waals surface area contributed by atoms with E-state index in [0.717, 1.165) is 38.5 Å². The molecule has 0 atom stereocenters. The number of carbonyl (C=O) groups excluding carboxylic acids is 1. The predicted molar refractivity (Wildman–Crippen MR) is 116 cm³/mol. The Morgan fingerprint density at radius 2 is 1.79 bits per heavy atom. The fraction of sp³-hybridized carbons (Fsp3) is 0.435. The lowest BCUT2D eigenvalue weighted by molar-refractivity contribution is 0.0644. The van der Waals surface area contributed by atoms with Crippen LogP contribution in [-0.2, 0) is 0 Å². The Morgan fingerprint density at radius 3 is 2.48 bits per heavy atom. The molecule has 0 bridgehead atoms. The van der Waals surface area contributed by atoms with Gasteiger partial charge in [-0.2, -0.15) is 0 Å². The molecule has 29 heavy (non-hydrogen) atoms. The van der Waals surface area contributed by atoms with Crippen molar-refractivity contribution in [2.45, 2.75) is 31.7 Å². The summed E-state index contributed by atoms with van der Waals surface area (Å²) in [6.07, 6.45) is 12.6. The van der Waals surface area contributed by atoms with E-state index in [-0.39, 0.29) is 5.91 Å². The molecule has 1 N–H and O–H groups in total. The van der Waals surface area contributed by atoms with Crippen LogP contribution in [0.2, 0.25) is 0 Å². The Hall–Kier alpha value is -2.73. The number of hydrogen-bond donors (Lipinski definition) is 1. The molecule has 1 aromatic heterocycles. The van der Waals surface area contributed by atoms with Crippen molar-refractivity contribution in [3.05, 3.63) is 60.1 Å². The molecule has 2 heterocycles. The molecule has 152 valence electrons. The minimum Gasteiger partial charge on any atom is -0.366 e.